The van der Waals surface area contributed by atoms with E-state index in [4.69, 9.17) is 4.74 Å². The van der Waals surface area contributed by atoms with Gasteiger partial charge >= 0.3 is 5.97 Å². The van der Waals surface area contributed by atoms with E-state index in [2.05, 4.69) is 20.4 Å². The van der Waals surface area contributed by atoms with E-state index in [-0.39, 0.29) is 5.97 Å². The van der Waals surface area contributed by atoms with Crippen LogP contribution in [0.4, 0.5) is 0 Å². The molecule has 0 heterocycles. The first-order valence-corrected chi connectivity index (χ1v) is 9.90. The molecule has 136 valence electrons. The number of carbonyl (C=O) groups excluding carboxylic acids is 1. The number of unbranched alkanes of at least 4 members (excludes halogenated alkanes) is 9. The number of hydrogen-bond donors (Lipinski definition) is 0. The molecule has 0 spiro atoms. The maximum atomic E-state index is 11.2. The van der Waals surface area contributed by atoms with Crippen LogP contribution in [0.2, 0.25) is 0 Å². The number of ether oxygens (including phenoxy) is 1. The van der Waals surface area contributed by atoms with Crippen molar-refractivity contribution in [2.75, 3.05) is 6.61 Å². The predicted molar refractivity (Wildman–Crippen MR) is 101 cm³/mol. The maximum absolute atomic E-state index is 11.2. The molecule has 0 bridgehead atoms. The van der Waals surface area contributed by atoms with Crippen molar-refractivity contribution in [3.05, 3.63) is 12.2 Å². The standard InChI is InChI=1S/C21H40O2/c1-5-6-7-8-9-10-11-12-13-14-16-20(4)17-15-18-23-21(22)19(2)3/h20H,2,5-18H2,1,3-4H3. The molecule has 23 heavy (non-hydrogen) atoms. The molecule has 0 aliphatic rings. The second-order valence-electron chi connectivity index (χ2n) is 7.13. The average molecular weight is 325 g/mol. The van der Waals surface area contributed by atoms with Crippen LogP contribution in [0.15, 0.2) is 12.2 Å². The SMILES string of the molecule is C=C(C)C(=O)OCCCC(C)CCCCCCCCCCCC. The quantitative estimate of drug-likeness (QED) is 0.177. The van der Waals surface area contributed by atoms with Crippen LogP contribution in [-0.4, -0.2) is 12.6 Å². The van der Waals surface area contributed by atoms with Crippen molar-refractivity contribution in [3.63, 3.8) is 0 Å². The van der Waals surface area contributed by atoms with Gasteiger partial charge in [-0.1, -0.05) is 91.1 Å². The van der Waals surface area contributed by atoms with Gasteiger partial charge in [0.1, 0.15) is 0 Å². The maximum Gasteiger partial charge on any atom is 0.333 e. The van der Waals surface area contributed by atoms with E-state index in [0.29, 0.717) is 12.2 Å². The van der Waals surface area contributed by atoms with Crippen molar-refractivity contribution >= 4 is 5.97 Å². The summed E-state index contributed by atoms with van der Waals surface area (Å²) in [5.41, 5.74) is 0.489. The minimum atomic E-state index is -0.257. The number of rotatable bonds is 16. The summed E-state index contributed by atoms with van der Waals surface area (Å²) in [6.45, 7) is 10.4. The van der Waals surface area contributed by atoms with E-state index in [1.54, 1.807) is 6.92 Å². The lowest BCUT2D eigenvalue weighted by Gasteiger charge is -2.11. The van der Waals surface area contributed by atoms with Crippen LogP contribution in [-0.2, 0) is 9.53 Å². The third-order valence-corrected chi connectivity index (χ3v) is 4.47. The summed E-state index contributed by atoms with van der Waals surface area (Å²) in [5.74, 6) is 0.486. The summed E-state index contributed by atoms with van der Waals surface area (Å²) in [6.07, 6.45) is 17.4. The van der Waals surface area contributed by atoms with Crippen LogP contribution in [0.3, 0.4) is 0 Å². The fourth-order valence-corrected chi connectivity index (χ4v) is 2.84. The number of hydrogen-bond acceptors (Lipinski definition) is 2. The normalized spacial score (nSPS) is 12.1. The van der Waals surface area contributed by atoms with Gasteiger partial charge in [0.15, 0.2) is 0 Å². The summed E-state index contributed by atoms with van der Waals surface area (Å²) < 4.78 is 5.12. The Morgan fingerprint density at radius 1 is 0.870 bits per heavy atom. The molecular formula is C21H40O2. The summed E-state index contributed by atoms with van der Waals surface area (Å²) in [7, 11) is 0. The van der Waals surface area contributed by atoms with Crippen LogP contribution in [0.1, 0.15) is 104 Å². The molecule has 0 aromatic heterocycles. The third-order valence-electron chi connectivity index (χ3n) is 4.47. The monoisotopic (exact) mass is 324 g/mol. The summed E-state index contributed by atoms with van der Waals surface area (Å²) >= 11 is 0. The van der Waals surface area contributed by atoms with Gasteiger partial charge in [0.2, 0.25) is 0 Å². The minimum Gasteiger partial charge on any atom is -0.462 e. The van der Waals surface area contributed by atoms with E-state index in [0.717, 1.165) is 18.8 Å². The Bertz CT molecular complexity index is 296. The van der Waals surface area contributed by atoms with Crippen molar-refractivity contribution < 1.29 is 9.53 Å². The number of carbonyl (C=O) groups is 1. The highest BCUT2D eigenvalue weighted by molar-refractivity contribution is 5.86. The molecule has 0 amide bonds. The molecule has 0 rings (SSSR count). The zero-order chi connectivity index (χ0) is 17.3. The fourth-order valence-electron chi connectivity index (χ4n) is 2.84. The summed E-state index contributed by atoms with van der Waals surface area (Å²) in [4.78, 5) is 11.2. The van der Waals surface area contributed by atoms with Crippen LogP contribution < -0.4 is 0 Å². The molecule has 1 unspecified atom stereocenters. The molecule has 0 fully saturated rings. The average Bonchev–Trinajstić information content (AvgIpc) is 2.53. The van der Waals surface area contributed by atoms with E-state index >= 15 is 0 Å². The van der Waals surface area contributed by atoms with Gasteiger partial charge in [-0.05, 0) is 25.7 Å². The van der Waals surface area contributed by atoms with Gasteiger partial charge in [-0.3, -0.25) is 0 Å². The van der Waals surface area contributed by atoms with Crippen LogP contribution in [0.25, 0.3) is 0 Å². The zero-order valence-electron chi connectivity index (χ0n) is 16.0. The Hall–Kier alpha value is -0.790. The van der Waals surface area contributed by atoms with E-state index in [1.165, 1.54) is 70.6 Å². The molecule has 0 aromatic rings. The van der Waals surface area contributed by atoms with Gasteiger partial charge in [-0.15, -0.1) is 0 Å². The highest BCUT2D eigenvalue weighted by atomic mass is 16.5. The second-order valence-corrected chi connectivity index (χ2v) is 7.13. The molecule has 2 heteroatoms. The van der Waals surface area contributed by atoms with Gasteiger partial charge in [0.05, 0.1) is 6.61 Å². The molecule has 0 saturated carbocycles. The molecule has 0 radical (unpaired) electrons. The molecule has 0 N–H and O–H groups in total. The molecule has 0 aliphatic heterocycles. The van der Waals surface area contributed by atoms with Gasteiger partial charge in [-0.25, -0.2) is 4.79 Å². The van der Waals surface area contributed by atoms with Gasteiger partial charge in [0, 0.05) is 5.57 Å². The molecule has 2 nitrogen and oxygen atoms in total. The lowest BCUT2D eigenvalue weighted by Crippen LogP contribution is -2.07. The Balaban J connectivity index is 3.26. The Morgan fingerprint density at radius 3 is 1.87 bits per heavy atom. The number of esters is 1. The van der Waals surface area contributed by atoms with Gasteiger partial charge < -0.3 is 4.74 Å². The van der Waals surface area contributed by atoms with Gasteiger partial charge in [0.25, 0.3) is 0 Å². The lowest BCUT2D eigenvalue weighted by molar-refractivity contribution is -0.139. The fraction of sp³-hybridized carbons (Fsp3) is 0.857. The topological polar surface area (TPSA) is 26.3 Å². The molecule has 0 aliphatic carbocycles. The predicted octanol–water partition coefficient (Wildman–Crippen LogP) is 6.83. The van der Waals surface area contributed by atoms with Crippen LogP contribution in [0.5, 0.6) is 0 Å². The molecule has 0 saturated heterocycles. The van der Waals surface area contributed by atoms with Crippen molar-refractivity contribution in [2.45, 2.75) is 104 Å². The Morgan fingerprint density at radius 2 is 1.35 bits per heavy atom. The highest BCUT2D eigenvalue weighted by Crippen LogP contribution is 2.17. The zero-order valence-corrected chi connectivity index (χ0v) is 16.0. The van der Waals surface area contributed by atoms with E-state index in [1.807, 2.05) is 0 Å². The Kier molecular flexibility index (Phi) is 15.5. The first kappa shape index (κ1) is 22.2. The largest absolute Gasteiger partial charge is 0.462 e. The summed E-state index contributed by atoms with van der Waals surface area (Å²) in [5, 5.41) is 0. The van der Waals surface area contributed by atoms with Crippen molar-refractivity contribution in [1.29, 1.82) is 0 Å². The van der Waals surface area contributed by atoms with Crippen LogP contribution >= 0.6 is 0 Å². The van der Waals surface area contributed by atoms with Crippen molar-refractivity contribution in [2.24, 2.45) is 5.92 Å². The minimum absolute atomic E-state index is 0.257. The van der Waals surface area contributed by atoms with E-state index < -0.39 is 0 Å². The first-order chi connectivity index (χ1) is 11.1. The Labute approximate surface area is 145 Å². The molecule has 0 aromatic carbocycles. The highest BCUT2D eigenvalue weighted by Gasteiger charge is 2.05. The second kappa shape index (κ2) is 16.1. The van der Waals surface area contributed by atoms with Gasteiger partial charge in [-0.2, -0.15) is 0 Å². The molecule has 1 atom stereocenters. The van der Waals surface area contributed by atoms with Crippen molar-refractivity contribution in [3.8, 4) is 0 Å². The lowest BCUT2D eigenvalue weighted by atomic mass is 9.97. The van der Waals surface area contributed by atoms with Crippen LogP contribution in [0, 0.1) is 5.92 Å². The van der Waals surface area contributed by atoms with E-state index in [9.17, 15) is 4.79 Å². The summed E-state index contributed by atoms with van der Waals surface area (Å²) in [6, 6.07) is 0. The molecular weight excluding hydrogens is 284 g/mol. The van der Waals surface area contributed by atoms with Crippen molar-refractivity contribution in [1.82, 2.24) is 0 Å². The smallest absolute Gasteiger partial charge is 0.333 e. The first-order valence-electron chi connectivity index (χ1n) is 9.90. The third kappa shape index (κ3) is 15.9.